The van der Waals surface area contributed by atoms with Crippen molar-refractivity contribution in [3.05, 3.63) is 70.9 Å². The van der Waals surface area contributed by atoms with Crippen molar-refractivity contribution < 1.29 is 28.6 Å². The lowest BCUT2D eigenvalue weighted by Gasteiger charge is -2.31. The van der Waals surface area contributed by atoms with Crippen molar-refractivity contribution in [3.8, 4) is 11.5 Å². The SMILES string of the molecule is COC(=O)C1=C(C(C)C)NC(=O)NC1c1ccc(OC(=O)c2ccccc2)c(OC)c1. The van der Waals surface area contributed by atoms with Gasteiger partial charge in [0, 0.05) is 5.70 Å². The Hall–Kier alpha value is -3.81. The second-order valence-electron chi connectivity index (χ2n) is 7.17. The van der Waals surface area contributed by atoms with E-state index in [0.29, 0.717) is 22.4 Å². The van der Waals surface area contributed by atoms with Gasteiger partial charge in [-0.25, -0.2) is 14.4 Å². The predicted octanol–water partition coefficient (Wildman–Crippen LogP) is 3.35. The van der Waals surface area contributed by atoms with Gasteiger partial charge in [-0.2, -0.15) is 0 Å². The Morgan fingerprint density at radius 1 is 0.968 bits per heavy atom. The van der Waals surface area contributed by atoms with E-state index in [4.69, 9.17) is 14.2 Å². The Bertz CT molecular complexity index is 1030. The van der Waals surface area contributed by atoms with Crippen LogP contribution >= 0.6 is 0 Å². The highest BCUT2D eigenvalue weighted by Gasteiger charge is 2.35. The number of hydrogen-bond donors (Lipinski definition) is 2. The van der Waals surface area contributed by atoms with Crippen LogP contribution in [0.3, 0.4) is 0 Å². The summed E-state index contributed by atoms with van der Waals surface area (Å²) in [5.41, 5.74) is 1.76. The van der Waals surface area contributed by atoms with E-state index in [9.17, 15) is 14.4 Å². The van der Waals surface area contributed by atoms with Crippen LogP contribution in [0.4, 0.5) is 4.79 Å². The number of benzene rings is 2. The normalized spacial score (nSPS) is 15.8. The number of methoxy groups -OCH3 is 2. The molecule has 0 spiro atoms. The van der Waals surface area contributed by atoms with Gasteiger partial charge in [-0.05, 0) is 35.7 Å². The number of amides is 2. The number of hydrogen-bond acceptors (Lipinski definition) is 6. The summed E-state index contributed by atoms with van der Waals surface area (Å²) in [6.45, 7) is 3.74. The first kappa shape index (κ1) is 21.9. The van der Waals surface area contributed by atoms with Crippen LogP contribution in [0.2, 0.25) is 0 Å². The van der Waals surface area contributed by atoms with Crippen LogP contribution in [0.15, 0.2) is 59.8 Å². The molecule has 8 heteroatoms. The van der Waals surface area contributed by atoms with Crippen molar-refractivity contribution in [2.24, 2.45) is 5.92 Å². The highest BCUT2D eigenvalue weighted by molar-refractivity contribution is 5.95. The van der Waals surface area contributed by atoms with E-state index in [0.717, 1.165) is 0 Å². The molecule has 1 atom stereocenters. The zero-order valence-corrected chi connectivity index (χ0v) is 17.7. The van der Waals surface area contributed by atoms with Crippen LogP contribution in [-0.2, 0) is 9.53 Å². The molecule has 2 aromatic carbocycles. The molecule has 1 heterocycles. The molecule has 0 radical (unpaired) electrons. The lowest BCUT2D eigenvalue weighted by Crippen LogP contribution is -2.47. The molecule has 2 aromatic rings. The molecule has 31 heavy (non-hydrogen) atoms. The molecule has 1 aliphatic heterocycles. The van der Waals surface area contributed by atoms with E-state index in [1.165, 1.54) is 14.2 Å². The molecule has 0 saturated heterocycles. The average molecular weight is 424 g/mol. The predicted molar refractivity (Wildman–Crippen MR) is 113 cm³/mol. The molecule has 2 N–H and O–H groups in total. The quantitative estimate of drug-likeness (QED) is 0.545. The van der Waals surface area contributed by atoms with Crippen molar-refractivity contribution in [1.82, 2.24) is 10.6 Å². The number of nitrogens with one attached hydrogen (secondary N) is 2. The van der Waals surface area contributed by atoms with E-state index < -0.39 is 24.0 Å². The summed E-state index contributed by atoms with van der Waals surface area (Å²) < 4.78 is 15.8. The van der Waals surface area contributed by atoms with Gasteiger partial charge in [0.05, 0.1) is 31.4 Å². The third-order valence-electron chi connectivity index (χ3n) is 4.82. The maximum atomic E-state index is 12.5. The Morgan fingerprint density at radius 2 is 1.68 bits per heavy atom. The second kappa shape index (κ2) is 9.34. The van der Waals surface area contributed by atoms with Crippen LogP contribution in [0.5, 0.6) is 11.5 Å². The third-order valence-corrected chi connectivity index (χ3v) is 4.82. The second-order valence-corrected chi connectivity index (χ2v) is 7.17. The fraction of sp³-hybridized carbons (Fsp3) is 0.261. The molecule has 0 aliphatic carbocycles. The Labute approximate surface area is 180 Å². The van der Waals surface area contributed by atoms with Crippen molar-refractivity contribution in [2.45, 2.75) is 19.9 Å². The van der Waals surface area contributed by atoms with Gasteiger partial charge in [0.1, 0.15) is 0 Å². The van der Waals surface area contributed by atoms with Gasteiger partial charge < -0.3 is 24.8 Å². The number of esters is 2. The summed E-state index contributed by atoms with van der Waals surface area (Å²) in [5.74, 6) is -0.702. The van der Waals surface area contributed by atoms with Gasteiger partial charge in [-0.15, -0.1) is 0 Å². The molecule has 3 rings (SSSR count). The molecule has 0 bridgehead atoms. The molecule has 8 nitrogen and oxygen atoms in total. The topological polar surface area (TPSA) is 103 Å². The first-order valence-electron chi connectivity index (χ1n) is 9.70. The minimum Gasteiger partial charge on any atom is -0.493 e. The Kier molecular flexibility index (Phi) is 6.59. The number of rotatable bonds is 6. The summed E-state index contributed by atoms with van der Waals surface area (Å²) in [6.07, 6.45) is 0. The van der Waals surface area contributed by atoms with Gasteiger partial charge in [-0.1, -0.05) is 38.1 Å². The fourth-order valence-corrected chi connectivity index (χ4v) is 3.31. The molecule has 0 saturated carbocycles. The molecule has 0 aromatic heterocycles. The molecule has 1 unspecified atom stereocenters. The van der Waals surface area contributed by atoms with Crippen LogP contribution in [0.1, 0.15) is 35.8 Å². The maximum Gasteiger partial charge on any atom is 0.343 e. The van der Waals surface area contributed by atoms with Gasteiger partial charge >= 0.3 is 18.0 Å². The minimum atomic E-state index is -0.758. The van der Waals surface area contributed by atoms with Gasteiger partial charge in [0.25, 0.3) is 0 Å². The number of ether oxygens (including phenoxy) is 3. The smallest absolute Gasteiger partial charge is 0.343 e. The molecule has 162 valence electrons. The fourth-order valence-electron chi connectivity index (χ4n) is 3.31. The van der Waals surface area contributed by atoms with E-state index in [2.05, 4.69) is 10.6 Å². The lowest BCUT2D eigenvalue weighted by atomic mass is 9.91. The third kappa shape index (κ3) is 4.69. The van der Waals surface area contributed by atoms with E-state index in [1.54, 1.807) is 48.5 Å². The number of carbonyl (C=O) groups is 3. The van der Waals surface area contributed by atoms with E-state index in [-0.39, 0.29) is 17.4 Å². The van der Waals surface area contributed by atoms with Crippen molar-refractivity contribution in [2.75, 3.05) is 14.2 Å². The van der Waals surface area contributed by atoms with E-state index in [1.807, 2.05) is 13.8 Å². The van der Waals surface area contributed by atoms with Crippen molar-refractivity contribution in [3.63, 3.8) is 0 Å². The molecular formula is C23H24N2O6. The summed E-state index contributed by atoms with van der Waals surface area (Å²) in [6, 6.07) is 12.2. The van der Waals surface area contributed by atoms with Crippen molar-refractivity contribution in [1.29, 1.82) is 0 Å². The standard InChI is InChI=1S/C23H24N2O6/c1-13(2)19-18(22(27)30-4)20(25-23(28)24-19)15-10-11-16(17(12-15)29-3)31-21(26)14-8-6-5-7-9-14/h5-13,20H,1-4H3,(H2,24,25,28). The van der Waals surface area contributed by atoms with E-state index >= 15 is 0 Å². The minimum absolute atomic E-state index is 0.115. The van der Waals surface area contributed by atoms with Gasteiger partial charge in [0.2, 0.25) is 0 Å². The zero-order chi connectivity index (χ0) is 22.5. The first-order valence-corrected chi connectivity index (χ1v) is 9.70. The average Bonchev–Trinajstić information content (AvgIpc) is 2.78. The molecule has 0 fully saturated rings. The maximum absolute atomic E-state index is 12.5. The lowest BCUT2D eigenvalue weighted by molar-refractivity contribution is -0.136. The highest BCUT2D eigenvalue weighted by Crippen LogP contribution is 2.36. The van der Waals surface area contributed by atoms with Gasteiger partial charge in [0.15, 0.2) is 11.5 Å². The Morgan fingerprint density at radius 3 is 2.29 bits per heavy atom. The van der Waals surface area contributed by atoms with Crippen LogP contribution < -0.4 is 20.1 Å². The Balaban J connectivity index is 1.98. The van der Waals surface area contributed by atoms with Crippen LogP contribution in [-0.4, -0.2) is 32.2 Å². The van der Waals surface area contributed by atoms with Crippen LogP contribution in [0, 0.1) is 5.92 Å². The highest BCUT2D eigenvalue weighted by atomic mass is 16.6. The number of urea groups is 1. The summed E-state index contributed by atoms with van der Waals surface area (Å²) >= 11 is 0. The summed E-state index contributed by atoms with van der Waals surface area (Å²) in [7, 11) is 2.73. The molecular weight excluding hydrogens is 400 g/mol. The van der Waals surface area contributed by atoms with Crippen molar-refractivity contribution >= 4 is 18.0 Å². The monoisotopic (exact) mass is 424 g/mol. The molecule has 1 aliphatic rings. The number of carbonyl (C=O) groups excluding carboxylic acids is 3. The summed E-state index contributed by atoms with van der Waals surface area (Å²) in [5, 5.41) is 5.44. The number of allylic oxidation sites excluding steroid dienone is 1. The summed E-state index contributed by atoms with van der Waals surface area (Å²) in [4.78, 5) is 37.2. The van der Waals surface area contributed by atoms with Gasteiger partial charge in [-0.3, -0.25) is 0 Å². The zero-order valence-electron chi connectivity index (χ0n) is 17.7. The first-order chi connectivity index (χ1) is 14.8. The van der Waals surface area contributed by atoms with Crippen LogP contribution in [0.25, 0.3) is 0 Å². The molecule has 2 amide bonds. The largest absolute Gasteiger partial charge is 0.493 e.